The van der Waals surface area contributed by atoms with Crippen molar-refractivity contribution in [2.24, 2.45) is 0 Å². The molecule has 2 aromatic rings. The molecule has 2 amide bonds. The van der Waals surface area contributed by atoms with Crippen molar-refractivity contribution in [2.45, 2.75) is 13.8 Å². The molecule has 170 valence electrons. The molecule has 1 aliphatic heterocycles. The summed E-state index contributed by atoms with van der Waals surface area (Å²) in [6, 6.07) is 14.6. The van der Waals surface area contributed by atoms with Gasteiger partial charge in [-0.3, -0.25) is 9.59 Å². The molecule has 3 rings (SSSR count). The van der Waals surface area contributed by atoms with Crippen LogP contribution in [0.4, 0.5) is 5.69 Å². The Kier molecular flexibility index (Phi) is 8.03. The Bertz CT molecular complexity index is 976. The van der Waals surface area contributed by atoms with E-state index in [0.29, 0.717) is 61.2 Å². The molecule has 1 heterocycles. The Morgan fingerprint density at radius 3 is 2.12 bits per heavy atom. The quantitative estimate of drug-likeness (QED) is 0.502. The first-order valence-corrected chi connectivity index (χ1v) is 10.7. The monoisotopic (exact) mass is 438 g/mol. The van der Waals surface area contributed by atoms with Crippen LogP contribution in [-0.4, -0.2) is 63.8 Å². The average molecular weight is 439 g/mol. The molecule has 0 aromatic heterocycles. The molecule has 32 heavy (non-hydrogen) atoms. The minimum absolute atomic E-state index is 0.348. The van der Waals surface area contributed by atoms with Gasteiger partial charge in [0, 0.05) is 27.3 Å². The second-order valence-corrected chi connectivity index (χ2v) is 7.44. The van der Waals surface area contributed by atoms with Gasteiger partial charge >= 0.3 is 0 Å². The molecule has 7 heteroatoms. The van der Waals surface area contributed by atoms with Gasteiger partial charge in [0.05, 0.1) is 31.1 Å². The fourth-order valence-corrected chi connectivity index (χ4v) is 3.70. The summed E-state index contributed by atoms with van der Waals surface area (Å²) in [5.74, 6) is 0.0117. The van der Waals surface area contributed by atoms with Crippen molar-refractivity contribution in [3.8, 4) is 5.75 Å². The minimum Gasteiger partial charge on any atom is -0.494 e. The van der Waals surface area contributed by atoms with E-state index < -0.39 is 0 Å². The van der Waals surface area contributed by atoms with Crippen LogP contribution < -0.4 is 9.64 Å². The van der Waals surface area contributed by atoms with E-state index in [0.717, 1.165) is 5.56 Å². The molecule has 0 saturated carbocycles. The smallest absolute Gasteiger partial charge is 0.282 e. The van der Waals surface area contributed by atoms with Gasteiger partial charge in [0.25, 0.3) is 11.8 Å². The molecule has 0 bridgehead atoms. The van der Waals surface area contributed by atoms with Crippen LogP contribution in [0.1, 0.15) is 18.1 Å². The van der Waals surface area contributed by atoms with E-state index in [1.165, 1.54) is 4.90 Å². The highest BCUT2D eigenvalue weighted by molar-refractivity contribution is 6.45. The minimum atomic E-state index is -0.350. The fourth-order valence-electron chi connectivity index (χ4n) is 3.70. The Labute approximate surface area is 189 Å². The molecule has 2 aromatic carbocycles. The molecule has 7 nitrogen and oxygen atoms in total. The molecule has 0 atom stereocenters. The molecule has 0 saturated heterocycles. The molecule has 0 radical (unpaired) electrons. The largest absolute Gasteiger partial charge is 0.494 e. The van der Waals surface area contributed by atoms with Crippen LogP contribution in [-0.2, 0) is 19.1 Å². The zero-order valence-electron chi connectivity index (χ0n) is 19.1. The van der Waals surface area contributed by atoms with Crippen LogP contribution >= 0.6 is 0 Å². The van der Waals surface area contributed by atoms with Gasteiger partial charge in [-0.2, -0.15) is 0 Å². The van der Waals surface area contributed by atoms with Gasteiger partial charge in [-0.15, -0.1) is 0 Å². The van der Waals surface area contributed by atoms with Crippen LogP contribution in [0.15, 0.2) is 54.2 Å². The Morgan fingerprint density at radius 2 is 1.56 bits per heavy atom. The van der Waals surface area contributed by atoms with Crippen LogP contribution in [0, 0.1) is 6.92 Å². The van der Waals surface area contributed by atoms with Crippen LogP contribution in [0.5, 0.6) is 5.75 Å². The standard InChI is InChI=1S/C25H30N2O5/c1-5-32-21-11-9-19(10-12-21)22-23(26(13-15-30-3)14-16-31-4)25(29)27(24(22)28)20-8-6-7-18(2)17-20/h6-12,17H,5,13-16H2,1-4H3. The number of benzene rings is 2. The summed E-state index contributed by atoms with van der Waals surface area (Å²) in [7, 11) is 3.22. The molecule has 0 N–H and O–H groups in total. The Hall–Kier alpha value is -3.16. The number of hydrogen-bond donors (Lipinski definition) is 0. The third-order valence-corrected chi connectivity index (χ3v) is 5.22. The van der Waals surface area contributed by atoms with Gasteiger partial charge < -0.3 is 19.1 Å². The molecule has 0 spiro atoms. The topological polar surface area (TPSA) is 68.3 Å². The summed E-state index contributed by atoms with van der Waals surface area (Å²) in [5.41, 5.74) is 2.91. The lowest BCUT2D eigenvalue weighted by Gasteiger charge is -2.25. The van der Waals surface area contributed by atoms with E-state index in [2.05, 4.69) is 0 Å². The van der Waals surface area contributed by atoms with Crippen molar-refractivity contribution < 1.29 is 23.8 Å². The Morgan fingerprint density at radius 1 is 0.906 bits per heavy atom. The zero-order chi connectivity index (χ0) is 23.1. The molecular weight excluding hydrogens is 408 g/mol. The first-order valence-electron chi connectivity index (χ1n) is 10.7. The third-order valence-electron chi connectivity index (χ3n) is 5.22. The summed E-state index contributed by atoms with van der Waals surface area (Å²) >= 11 is 0. The highest BCUT2D eigenvalue weighted by atomic mass is 16.5. The molecule has 0 unspecified atom stereocenters. The van der Waals surface area contributed by atoms with E-state index >= 15 is 0 Å². The van der Waals surface area contributed by atoms with Gasteiger partial charge in [-0.25, -0.2) is 4.90 Å². The highest BCUT2D eigenvalue weighted by Crippen LogP contribution is 2.35. The number of rotatable bonds is 11. The van der Waals surface area contributed by atoms with Crippen molar-refractivity contribution in [3.05, 3.63) is 65.4 Å². The van der Waals surface area contributed by atoms with Crippen molar-refractivity contribution in [2.75, 3.05) is 52.0 Å². The maximum absolute atomic E-state index is 13.6. The Balaban J connectivity index is 2.10. The first kappa shape index (κ1) is 23.5. The van der Waals surface area contributed by atoms with Gasteiger partial charge in [0.1, 0.15) is 11.4 Å². The van der Waals surface area contributed by atoms with Gasteiger partial charge in [0.2, 0.25) is 0 Å². The lowest BCUT2D eigenvalue weighted by Crippen LogP contribution is -2.37. The first-order chi connectivity index (χ1) is 15.5. The van der Waals surface area contributed by atoms with E-state index in [1.54, 1.807) is 20.3 Å². The number of amides is 2. The number of imide groups is 1. The number of methoxy groups -OCH3 is 2. The van der Waals surface area contributed by atoms with Gasteiger partial charge in [-0.05, 0) is 49.2 Å². The predicted molar refractivity (Wildman–Crippen MR) is 124 cm³/mol. The normalized spacial score (nSPS) is 13.8. The lowest BCUT2D eigenvalue weighted by molar-refractivity contribution is -0.120. The van der Waals surface area contributed by atoms with E-state index in [9.17, 15) is 9.59 Å². The van der Waals surface area contributed by atoms with Crippen molar-refractivity contribution in [1.29, 1.82) is 0 Å². The fraction of sp³-hybridized carbons (Fsp3) is 0.360. The summed E-state index contributed by atoms with van der Waals surface area (Å²) in [5, 5.41) is 0. The summed E-state index contributed by atoms with van der Waals surface area (Å²) < 4.78 is 16.0. The number of nitrogens with zero attached hydrogens (tertiary/aromatic N) is 2. The predicted octanol–water partition coefficient (Wildman–Crippen LogP) is 3.27. The van der Waals surface area contributed by atoms with Crippen molar-refractivity contribution in [3.63, 3.8) is 0 Å². The number of ether oxygens (including phenoxy) is 3. The number of anilines is 1. The van der Waals surface area contributed by atoms with E-state index in [1.807, 2.05) is 61.2 Å². The SMILES string of the molecule is CCOc1ccc(C2=C(N(CCOC)CCOC)C(=O)N(c3cccc(C)c3)C2=O)cc1. The molecule has 1 aliphatic rings. The number of aryl methyl sites for hydroxylation is 1. The second-order valence-electron chi connectivity index (χ2n) is 7.44. The molecule has 0 fully saturated rings. The maximum Gasteiger partial charge on any atom is 0.282 e. The lowest BCUT2D eigenvalue weighted by atomic mass is 10.0. The summed E-state index contributed by atoms with van der Waals surface area (Å²) in [6.45, 7) is 6.13. The average Bonchev–Trinajstić information content (AvgIpc) is 3.05. The zero-order valence-corrected chi connectivity index (χ0v) is 19.1. The summed E-state index contributed by atoms with van der Waals surface area (Å²) in [6.07, 6.45) is 0. The van der Waals surface area contributed by atoms with Crippen LogP contribution in [0.2, 0.25) is 0 Å². The van der Waals surface area contributed by atoms with Crippen LogP contribution in [0.3, 0.4) is 0 Å². The molecule has 0 aliphatic carbocycles. The third kappa shape index (κ3) is 5.00. The molecular formula is C25H30N2O5. The highest BCUT2D eigenvalue weighted by Gasteiger charge is 2.42. The van der Waals surface area contributed by atoms with Crippen molar-refractivity contribution >= 4 is 23.1 Å². The second kappa shape index (κ2) is 10.9. The van der Waals surface area contributed by atoms with Gasteiger partial charge in [0.15, 0.2) is 0 Å². The van der Waals surface area contributed by atoms with Gasteiger partial charge in [-0.1, -0.05) is 24.3 Å². The number of carbonyl (C=O) groups excluding carboxylic acids is 2. The van der Waals surface area contributed by atoms with Crippen molar-refractivity contribution in [1.82, 2.24) is 4.90 Å². The van der Waals surface area contributed by atoms with Crippen LogP contribution in [0.25, 0.3) is 5.57 Å². The number of carbonyl (C=O) groups is 2. The summed E-state index contributed by atoms with van der Waals surface area (Å²) in [4.78, 5) is 30.4. The van der Waals surface area contributed by atoms with E-state index in [4.69, 9.17) is 14.2 Å². The van der Waals surface area contributed by atoms with E-state index in [-0.39, 0.29) is 11.8 Å². The number of hydrogen-bond acceptors (Lipinski definition) is 6. The maximum atomic E-state index is 13.6.